The molecule has 2 fully saturated rings. The molecule has 1 saturated heterocycles. The van der Waals surface area contributed by atoms with Crippen LogP contribution in [0.3, 0.4) is 0 Å². The van der Waals surface area contributed by atoms with E-state index in [0.29, 0.717) is 18.9 Å². The normalized spacial score (nSPS) is 19.2. The summed E-state index contributed by atoms with van der Waals surface area (Å²) < 4.78 is 0. The van der Waals surface area contributed by atoms with Gasteiger partial charge < -0.3 is 20.6 Å². The number of nitrogens with one attached hydrogen (secondary N) is 2. The van der Waals surface area contributed by atoms with E-state index in [2.05, 4.69) is 26.6 Å². The Morgan fingerprint density at radius 2 is 2.00 bits per heavy atom. The molecule has 2 heterocycles. The monoisotopic (exact) mass is 346 g/mol. The van der Waals surface area contributed by atoms with Crippen molar-refractivity contribution in [3.8, 4) is 0 Å². The molecular formula is C19H30N4O2. The number of aliphatic hydroxyl groups is 1. The summed E-state index contributed by atoms with van der Waals surface area (Å²) in [6, 6.07) is 4.02. The van der Waals surface area contributed by atoms with Gasteiger partial charge in [0.05, 0.1) is 0 Å². The molecule has 2 aliphatic rings. The molecule has 0 aromatic carbocycles. The van der Waals surface area contributed by atoms with Gasteiger partial charge in [-0.25, -0.2) is 9.78 Å². The number of aliphatic hydroxyl groups excluding tert-OH is 1. The Kier molecular flexibility index (Phi) is 6.50. The fraction of sp³-hybridized carbons (Fsp3) is 0.684. The lowest BCUT2D eigenvalue weighted by atomic mass is 10.1. The number of amides is 2. The van der Waals surface area contributed by atoms with Gasteiger partial charge in [0, 0.05) is 38.5 Å². The van der Waals surface area contributed by atoms with Crippen molar-refractivity contribution in [1.82, 2.24) is 15.6 Å². The lowest BCUT2D eigenvalue weighted by Gasteiger charge is -2.21. The second-order valence-corrected chi connectivity index (χ2v) is 7.21. The quantitative estimate of drug-likeness (QED) is 0.709. The first-order chi connectivity index (χ1) is 12.3. The molecule has 1 saturated carbocycles. The molecule has 0 bridgehead atoms. The van der Waals surface area contributed by atoms with Crippen LogP contribution in [0.15, 0.2) is 18.3 Å². The molecule has 138 valence electrons. The summed E-state index contributed by atoms with van der Waals surface area (Å²) in [6.07, 6.45) is 9.87. The highest BCUT2D eigenvalue weighted by atomic mass is 16.3. The van der Waals surface area contributed by atoms with Crippen LogP contribution in [0.5, 0.6) is 0 Å². The first kappa shape index (κ1) is 18.0. The molecule has 0 radical (unpaired) electrons. The van der Waals surface area contributed by atoms with Gasteiger partial charge in [-0.1, -0.05) is 18.9 Å². The number of aromatic nitrogens is 1. The minimum absolute atomic E-state index is 0.0912. The first-order valence-electron chi connectivity index (χ1n) is 9.61. The lowest BCUT2D eigenvalue weighted by molar-refractivity contribution is 0.224. The third-order valence-electron chi connectivity index (χ3n) is 5.14. The highest BCUT2D eigenvalue weighted by Crippen LogP contribution is 2.33. The molecular weight excluding hydrogens is 316 g/mol. The van der Waals surface area contributed by atoms with E-state index in [1.165, 1.54) is 25.7 Å². The zero-order chi connectivity index (χ0) is 17.5. The Hall–Kier alpha value is -1.82. The average Bonchev–Trinajstić information content (AvgIpc) is 3.47. The molecule has 1 aliphatic carbocycles. The minimum atomic E-state index is -0.165. The zero-order valence-electron chi connectivity index (χ0n) is 14.9. The summed E-state index contributed by atoms with van der Waals surface area (Å²) in [5, 5.41) is 15.0. The van der Waals surface area contributed by atoms with Crippen molar-refractivity contribution in [2.45, 2.75) is 57.5 Å². The van der Waals surface area contributed by atoms with Crippen molar-refractivity contribution in [2.24, 2.45) is 5.92 Å². The van der Waals surface area contributed by atoms with Crippen LogP contribution in [0, 0.1) is 5.92 Å². The number of urea groups is 1. The van der Waals surface area contributed by atoms with Crippen LogP contribution in [-0.4, -0.2) is 41.9 Å². The number of pyridine rings is 1. The van der Waals surface area contributed by atoms with Gasteiger partial charge in [0.2, 0.25) is 0 Å². The summed E-state index contributed by atoms with van der Waals surface area (Å²) in [5.74, 6) is 1.57. The standard InChI is InChI=1S/C19H30N4O2/c24-12-9-17(16-6-7-16)22-19(25)21-14-15-5-8-18(20-13-15)23-10-3-1-2-4-11-23/h5,8,13,16-17,24H,1-4,6-7,9-12,14H2,(H2,21,22,25). The zero-order valence-corrected chi connectivity index (χ0v) is 14.9. The average molecular weight is 346 g/mol. The molecule has 1 aromatic heterocycles. The third kappa shape index (κ3) is 5.59. The molecule has 6 heteroatoms. The molecule has 3 rings (SSSR count). The Labute approximate surface area is 150 Å². The van der Waals surface area contributed by atoms with E-state index in [-0.39, 0.29) is 18.7 Å². The molecule has 25 heavy (non-hydrogen) atoms. The molecule has 1 aliphatic heterocycles. The number of nitrogens with zero attached hydrogens (tertiary/aromatic N) is 2. The van der Waals surface area contributed by atoms with Crippen molar-refractivity contribution in [3.63, 3.8) is 0 Å². The number of carbonyl (C=O) groups is 1. The van der Waals surface area contributed by atoms with E-state index in [4.69, 9.17) is 5.11 Å². The Balaban J connectivity index is 1.45. The van der Waals surface area contributed by atoms with Crippen LogP contribution >= 0.6 is 0 Å². The van der Waals surface area contributed by atoms with Crippen molar-refractivity contribution in [1.29, 1.82) is 0 Å². The van der Waals surface area contributed by atoms with E-state index in [1.54, 1.807) is 0 Å². The second kappa shape index (κ2) is 9.04. The Morgan fingerprint density at radius 3 is 2.60 bits per heavy atom. The maximum atomic E-state index is 12.1. The molecule has 2 amide bonds. The van der Waals surface area contributed by atoms with Crippen LogP contribution < -0.4 is 15.5 Å². The fourth-order valence-corrected chi connectivity index (χ4v) is 3.47. The fourth-order valence-electron chi connectivity index (χ4n) is 3.47. The Bertz CT molecular complexity index is 537. The summed E-state index contributed by atoms with van der Waals surface area (Å²) in [7, 11) is 0. The van der Waals surface area contributed by atoms with E-state index in [0.717, 1.165) is 37.3 Å². The third-order valence-corrected chi connectivity index (χ3v) is 5.14. The highest BCUT2D eigenvalue weighted by molar-refractivity contribution is 5.74. The maximum absolute atomic E-state index is 12.1. The van der Waals surface area contributed by atoms with Gasteiger partial charge in [0.1, 0.15) is 5.82 Å². The van der Waals surface area contributed by atoms with Crippen LogP contribution in [0.4, 0.5) is 10.6 Å². The molecule has 0 spiro atoms. The number of anilines is 1. The Morgan fingerprint density at radius 1 is 1.24 bits per heavy atom. The van der Waals surface area contributed by atoms with Crippen LogP contribution in [0.2, 0.25) is 0 Å². The minimum Gasteiger partial charge on any atom is -0.396 e. The molecule has 6 nitrogen and oxygen atoms in total. The molecule has 1 atom stereocenters. The first-order valence-corrected chi connectivity index (χ1v) is 9.61. The van der Waals surface area contributed by atoms with Gasteiger partial charge in [-0.3, -0.25) is 0 Å². The summed E-state index contributed by atoms with van der Waals surface area (Å²) >= 11 is 0. The molecule has 3 N–H and O–H groups in total. The van der Waals surface area contributed by atoms with E-state index in [9.17, 15) is 4.79 Å². The maximum Gasteiger partial charge on any atom is 0.315 e. The summed E-state index contributed by atoms with van der Waals surface area (Å²) in [6.45, 7) is 2.75. The van der Waals surface area contributed by atoms with Gasteiger partial charge in [-0.05, 0) is 49.7 Å². The second-order valence-electron chi connectivity index (χ2n) is 7.21. The van der Waals surface area contributed by atoms with Gasteiger partial charge in [0.25, 0.3) is 0 Å². The van der Waals surface area contributed by atoms with Crippen LogP contribution in [0.1, 0.15) is 50.5 Å². The summed E-state index contributed by atoms with van der Waals surface area (Å²) in [4.78, 5) is 19.0. The van der Waals surface area contributed by atoms with Crippen molar-refractivity contribution in [2.75, 3.05) is 24.6 Å². The largest absolute Gasteiger partial charge is 0.396 e. The van der Waals surface area contributed by atoms with Crippen LogP contribution in [-0.2, 0) is 6.54 Å². The van der Waals surface area contributed by atoms with Gasteiger partial charge in [0.15, 0.2) is 0 Å². The molecule has 1 aromatic rings. The van der Waals surface area contributed by atoms with Crippen molar-refractivity contribution >= 4 is 11.8 Å². The number of hydrogen-bond donors (Lipinski definition) is 3. The van der Waals surface area contributed by atoms with E-state index < -0.39 is 0 Å². The SMILES string of the molecule is O=C(NCc1ccc(N2CCCCCC2)nc1)NC(CCO)C1CC1. The lowest BCUT2D eigenvalue weighted by Crippen LogP contribution is -2.43. The van der Waals surface area contributed by atoms with E-state index in [1.807, 2.05) is 12.3 Å². The topological polar surface area (TPSA) is 77.5 Å². The van der Waals surface area contributed by atoms with Crippen LogP contribution in [0.25, 0.3) is 0 Å². The predicted octanol–water partition coefficient (Wildman–Crippen LogP) is 2.42. The van der Waals surface area contributed by atoms with E-state index >= 15 is 0 Å². The van der Waals surface area contributed by atoms with Crippen molar-refractivity contribution in [3.05, 3.63) is 23.9 Å². The number of hydrogen-bond acceptors (Lipinski definition) is 4. The molecule has 1 unspecified atom stereocenters. The number of rotatable bonds is 7. The van der Waals surface area contributed by atoms with Crippen molar-refractivity contribution < 1.29 is 9.90 Å². The van der Waals surface area contributed by atoms with Gasteiger partial charge in [-0.15, -0.1) is 0 Å². The van der Waals surface area contributed by atoms with Gasteiger partial charge >= 0.3 is 6.03 Å². The summed E-state index contributed by atoms with van der Waals surface area (Å²) in [5.41, 5.74) is 0.999. The highest BCUT2D eigenvalue weighted by Gasteiger charge is 2.31. The smallest absolute Gasteiger partial charge is 0.315 e. The van der Waals surface area contributed by atoms with Gasteiger partial charge in [-0.2, -0.15) is 0 Å². The predicted molar refractivity (Wildman–Crippen MR) is 98.5 cm³/mol. The number of carbonyl (C=O) groups excluding carboxylic acids is 1.